The van der Waals surface area contributed by atoms with Crippen molar-refractivity contribution in [3.63, 3.8) is 0 Å². The number of hydrogen-bond acceptors (Lipinski definition) is 5. The van der Waals surface area contributed by atoms with Crippen LogP contribution in [0.15, 0.2) is 57.8 Å². The molecule has 2 aromatic rings. The summed E-state index contributed by atoms with van der Waals surface area (Å²) in [5, 5.41) is 3.09. The van der Waals surface area contributed by atoms with Crippen molar-refractivity contribution in [2.45, 2.75) is 49.6 Å². The number of benzene rings is 2. The predicted octanol–water partition coefficient (Wildman–Crippen LogP) is 3.17. The van der Waals surface area contributed by atoms with Crippen molar-refractivity contribution in [1.29, 1.82) is 0 Å². The van der Waals surface area contributed by atoms with E-state index in [4.69, 9.17) is 0 Å². The topological polar surface area (TPSA) is 82.1 Å². The Balaban J connectivity index is 1.29. The van der Waals surface area contributed by atoms with Crippen LogP contribution >= 0.6 is 0 Å². The summed E-state index contributed by atoms with van der Waals surface area (Å²) in [6.07, 6.45) is 4.56. The second kappa shape index (κ2) is 8.67. The Morgan fingerprint density at radius 3 is 2.75 bits per heavy atom. The van der Waals surface area contributed by atoms with Crippen LogP contribution in [0.1, 0.15) is 48.0 Å². The van der Waals surface area contributed by atoms with Gasteiger partial charge in [-0.15, -0.1) is 4.40 Å². The molecule has 1 N–H and O–H groups in total. The standard InChI is InChI=1S/C24H28N4O3S/c29-24(25-20-12-14-27(17-20)16-18-7-3-1-4-8-18)19-10-11-21-22(15-19)32(30,31)26-23-9-5-2-6-13-28(21)23/h1,3-4,7-8,10-11,15,20H,2,5-6,9,12-14,16-17H2,(H,25,29)/t20-/m1/s1. The summed E-state index contributed by atoms with van der Waals surface area (Å²) in [6, 6.07) is 15.3. The lowest BCUT2D eigenvalue weighted by atomic mass is 10.1. The third-order valence-corrected chi connectivity index (χ3v) is 7.80. The molecular weight excluding hydrogens is 424 g/mol. The Morgan fingerprint density at radius 1 is 1.06 bits per heavy atom. The zero-order valence-electron chi connectivity index (χ0n) is 18.0. The molecule has 0 saturated carbocycles. The molecule has 2 aromatic carbocycles. The second-order valence-corrected chi connectivity index (χ2v) is 10.4. The number of amides is 1. The Bertz CT molecular complexity index is 1150. The number of rotatable bonds is 4. The quantitative estimate of drug-likeness (QED) is 0.771. The molecule has 32 heavy (non-hydrogen) atoms. The number of amidine groups is 1. The summed E-state index contributed by atoms with van der Waals surface area (Å²) in [6.45, 7) is 3.32. The minimum Gasteiger partial charge on any atom is -0.348 e. The van der Waals surface area contributed by atoms with Crippen molar-refractivity contribution < 1.29 is 13.2 Å². The van der Waals surface area contributed by atoms with E-state index in [0.717, 1.165) is 51.9 Å². The molecule has 7 nitrogen and oxygen atoms in total. The van der Waals surface area contributed by atoms with Crippen molar-refractivity contribution >= 4 is 27.5 Å². The smallest absolute Gasteiger partial charge is 0.286 e. The van der Waals surface area contributed by atoms with Gasteiger partial charge in [0.15, 0.2) is 0 Å². The molecule has 5 rings (SSSR count). The average molecular weight is 453 g/mol. The molecule has 0 bridgehead atoms. The number of anilines is 1. The van der Waals surface area contributed by atoms with Crippen LogP contribution in [0.5, 0.6) is 0 Å². The fraction of sp³-hybridized carbons (Fsp3) is 0.417. The first-order valence-corrected chi connectivity index (χ1v) is 12.8. The van der Waals surface area contributed by atoms with Gasteiger partial charge >= 0.3 is 0 Å². The number of hydrogen-bond donors (Lipinski definition) is 1. The highest BCUT2D eigenvalue weighted by molar-refractivity contribution is 7.90. The Labute approximate surface area is 189 Å². The summed E-state index contributed by atoms with van der Waals surface area (Å²) in [4.78, 5) is 17.4. The van der Waals surface area contributed by atoms with Crippen LogP contribution in [-0.2, 0) is 16.6 Å². The van der Waals surface area contributed by atoms with Crippen molar-refractivity contribution in [3.05, 3.63) is 59.7 Å². The molecule has 8 heteroatoms. The summed E-state index contributed by atoms with van der Waals surface area (Å²) in [5.41, 5.74) is 2.26. The van der Waals surface area contributed by atoms with E-state index in [-0.39, 0.29) is 16.8 Å². The van der Waals surface area contributed by atoms with E-state index in [2.05, 4.69) is 26.7 Å². The van der Waals surface area contributed by atoms with E-state index in [1.807, 2.05) is 23.1 Å². The third kappa shape index (κ3) is 4.29. The first kappa shape index (κ1) is 21.2. The van der Waals surface area contributed by atoms with Gasteiger partial charge in [0, 0.05) is 44.2 Å². The van der Waals surface area contributed by atoms with Crippen molar-refractivity contribution in [2.24, 2.45) is 4.40 Å². The first-order chi connectivity index (χ1) is 15.5. The van der Waals surface area contributed by atoms with Crippen molar-refractivity contribution in [3.8, 4) is 0 Å². The van der Waals surface area contributed by atoms with E-state index in [1.165, 1.54) is 11.6 Å². The third-order valence-electron chi connectivity index (χ3n) is 6.47. The fourth-order valence-electron chi connectivity index (χ4n) is 4.83. The Kier molecular flexibility index (Phi) is 5.73. The van der Waals surface area contributed by atoms with Crippen LogP contribution < -0.4 is 10.2 Å². The lowest BCUT2D eigenvalue weighted by Gasteiger charge is -2.29. The molecule has 3 aliphatic heterocycles. The minimum absolute atomic E-state index is 0.0501. The number of carbonyl (C=O) groups is 1. The van der Waals surface area contributed by atoms with E-state index >= 15 is 0 Å². The van der Waals surface area contributed by atoms with E-state index < -0.39 is 10.0 Å². The van der Waals surface area contributed by atoms with E-state index in [0.29, 0.717) is 23.5 Å². The largest absolute Gasteiger partial charge is 0.348 e. The molecule has 2 fully saturated rings. The van der Waals surface area contributed by atoms with Crippen LogP contribution in [0, 0.1) is 0 Å². The highest BCUT2D eigenvalue weighted by Crippen LogP contribution is 2.35. The van der Waals surface area contributed by atoms with Gasteiger partial charge in [-0.1, -0.05) is 36.8 Å². The van der Waals surface area contributed by atoms with Gasteiger partial charge in [-0.3, -0.25) is 9.69 Å². The van der Waals surface area contributed by atoms with Crippen molar-refractivity contribution in [2.75, 3.05) is 24.5 Å². The predicted molar refractivity (Wildman–Crippen MR) is 124 cm³/mol. The van der Waals surface area contributed by atoms with E-state index in [1.54, 1.807) is 12.1 Å². The van der Waals surface area contributed by atoms with Crippen LogP contribution in [0.2, 0.25) is 0 Å². The SMILES string of the molecule is O=C(N[C@@H]1CCN(Cc2ccccc2)C1)c1ccc2c(c1)S(=O)(=O)N=C1CCCCCN12. The van der Waals surface area contributed by atoms with Gasteiger partial charge < -0.3 is 10.2 Å². The average Bonchev–Trinajstić information content (AvgIpc) is 3.08. The lowest BCUT2D eigenvalue weighted by Crippen LogP contribution is -2.38. The van der Waals surface area contributed by atoms with E-state index in [9.17, 15) is 13.2 Å². The number of nitrogens with zero attached hydrogens (tertiary/aromatic N) is 3. The van der Waals surface area contributed by atoms with Gasteiger partial charge in [0.05, 0.1) is 5.69 Å². The number of carbonyl (C=O) groups excluding carboxylic acids is 1. The molecule has 3 heterocycles. The second-order valence-electron chi connectivity index (χ2n) is 8.81. The lowest BCUT2D eigenvalue weighted by molar-refractivity contribution is 0.0937. The fourth-order valence-corrected chi connectivity index (χ4v) is 6.11. The molecular formula is C24H28N4O3S. The summed E-state index contributed by atoms with van der Waals surface area (Å²) < 4.78 is 29.7. The van der Waals surface area contributed by atoms with Crippen LogP contribution in [0.4, 0.5) is 5.69 Å². The normalized spacial score (nSPS) is 22.4. The van der Waals surface area contributed by atoms with Gasteiger partial charge in [0.25, 0.3) is 15.9 Å². The van der Waals surface area contributed by atoms with Crippen LogP contribution in [0.3, 0.4) is 0 Å². The van der Waals surface area contributed by atoms with Gasteiger partial charge in [-0.2, -0.15) is 8.42 Å². The molecule has 0 spiro atoms. The summed E-state index contributed by atoms with van der Waals surface area (Å²) >= 11 is 0. The highest BCUT2D eigenvalue weighted by Gasteiger charge is 2.32. The van der Waals surface area contributed by atoms with Gasteiger partial charge in [-0.25, -0.2) is 0 Å². The number of sulfonamides is 1. The molecule has 2 saturated heterocycles. The molecule has 1 atom stereocenters. The molecule has 0 radical (unpaired) electrons. The Hall–Kier alpha value is -2.71. The summed E-state index contributed by atoms with van der Waals surface area (Å²) in [7, 11) is -3.80. The van der Waals surface area contributed by atoms with Crippen LogP contribution in [0.25, 0.3) is 0 Å². The maximum Gasteiger partial charge on any atom is 0.286 e. The zero-order chi connectivity index (χ0) is 22.1. The molecule has 168 valence electrons. The number of likely N-dealkylation sites (tertiary alicyclic amines) is 1. The first-order valence-electron chi connectivity index (χ1n) is 11.3. The van der Waals surface area contributed by atoms with Gasteiger partial charge in [0.2, 0.25) is 0 Å². The van der Waals surface area contributed by atoms with Gasteiger partial charge in [0.1, 0.15) is 10.7 Å². The number of nitrogens with one attached hydrogen (secondary N) is 1. The minimum atomic E-state index is -3.80. The number of fused-ring (bicyclic) bond motifs is 3. The zero-order valence-corrected chi connectivity index (χ0v) is 18.9. The maximum absolute atomic E-state index is 12.9. The molecule has 1 amide bonds. The molecule has 0 aliphatic carbocycles. The van der Waals surface area contributed by atoms with Crippen LogP contribution in [-0.4, -0.2) is 50.7 Å². The molecule has 0 unspecified atom stereocenters. The maximum atomic E-state index is 12.9. The highest BCUT2D eigenvalue weighted by atomic mass is 32.2. The van der Waals surface area contributed by atoms with Gasteiger partial charge in [-0.05, 0) is 43.0 Å². The van der Waals surface area contributed by atoms with Crippen molar-refractivity contribution in [1.82, 2.24) is 10.2 Å². The Morgan fingerprint density at radius 2 is 1.91 bits per heavy atom. The molecule has 0 aromatic heterocycles. The summed E-state index contributed by atoms with van der Waals surface area (Å²) in [5.74, 6) is 0.386. The monoisotopic (exact) mass is 452 g/mol. The molecule has 3 aliphatic rings.